The molecule has 0 radical (unpaired) electrons. The number of benzene rings is 2. The predicted octanol–water partition coefficient (Wildman–Crippen LogP) is 3.32. The Kier molecular flexibility index (Phi) is 5.79. The number of carbonyl (C=O) groups is 2. The number of ether oxygens (including phenoxy) is 1. The minimum Gasteiger partial charge on any atom is -0.492 e. The highest BCUT2D eigenvalue weighted by Gasteiger charge is 2.36. The summed E-state index contributed by atoms with van der Waals surface area (Å²) < 4.78 is 7.41. The molecule has 2 aromatic carbocycles. The number of hydrogen-bond acceptors (Lipinski definition) is 4. The molecule has 4 rings (SSSR count). The zero-order chi connectivity index (χ0) is 20.9. The summed E-state index contributed by atoms with van der Waals surface area (Å²) in [6.07, 6.45) is 3.59. The Morgan fingerprint density at radius 2 is 1.93 bits per heavy atom. The number of aromatic nitrogens is 2. The zero-order valence-corrected chi connectivity index (χ0v) is 16.8. The summed E-state index contributed by atoms with van der Waals surface area (Å²) in [5, 5.41) is 7.20. The fourth-order valence-electron chi connectivity index (χ4n) is 3.60. The molecule has 7 nitrogen and oxygen atoms in total. The first kappa shape index (κ1) is 19.7. The number of amides is 2. The van der Waals surface area contributed by atoms with Gasteiger partial charge in [0, 0.05) is 19.2 Å². The second-order valence-corrected chi connectivity index (χ2v) is 7.21. The number of nitrogens with zero attached hydrogens (tertiary/aromatic N) is 3. The van der Waals surface area contributed by atoms with Crippen molar-refractivity contribution < 1.29 is 14.3 Å². The molecular weight excluding hydrogens is 380 g/mol. The fourth-order valence-corrected chi connectivity index (χ4v) is 3.60. The maximum absolute atomic E-state index is 12.8. The van der Waals surface area contributed by atoms with Crippen LogP contribution in [0.15, 0.2) is 67.0 Å². The van der Waals surface area contributed by atoms with Gasteiger partial charge in [-0.15, -0.1) is 0 Å². The molecule has 1 fully saturated rings. The van der Waals surface area contributed by atoms with Crippen LogP contribution >= 0.6 is 0 Å². The average molecular weight is 404 g/mol. The molecule has 0 saturated carbocycles. The second-order valence-electron chi connectivity index (χ2n) is 7.21. The van der Waals surface area contributed by atoms with Crippen LogP contribution in [0.4, 0.5) is 11.4 Å². The quantitative estimate of drug-likeness (QED) is 0.655. The normalized spacial score (nSPS) is 16.0. The van der Waals surface area contributed by atoms with Gasteiger partial charge in [0.2, 0.25) is 11.8 Å². The summed E-state index contributed by atoms with van der Waals surface area (Å²) in [4.78, 5) is 27.0. The molecule has 2 amide bonds. The molecule has 0 aliphatic carbocycles. The van der Waals surface area contributed by atoms with Crippen LogP contribution in [0.5, 0.6) is 5.75 Å². The third kappa shape index (κ3) is 4.35. The minimum absolute atomic E-state index is 0.0814. The summed E-state index contributed by atoms with van der Waals surface area (Å²) in [5.41, 5.74) is 2.45. The SMILES string of the molecule is CCOc1ccccc1N1CC(C(=O)Nc2cnn(Cc3ccccc3)c2)CC1=O. The van der Waals surface area contributed by atoms with Crippen LogP contribution in [0.2, 0.25) is 0 Å². The van der Waals surface area contributed by atoms with Crippen molar-refractivity contribution in [2.45, 2.75) is 19.9 Å². The van der Waals surface area contributed by atoms with Crippen molar-refractivity contribution in [1.29, 1.82) is 0 Å². The number of rotatable bonds is 7. The van der Waals surface area contributed by atoms with E-state index in [0.29, 0.717) is 36.8 Å². The second kappa shape index (κ2) is 8.82. The minimum atomic E-state index is -0.426. The molecule has 2 heterocycles. The number of carbonyl (C=O) groups excluding carboxylic acids is 2. The first-order valence-corrected chi connectivity index (χ1v) is 10.0. The monoisotopic (exact) mass is 404 g/mol. The van der Waals surface area contributed by atoms with Crippen LogP contribution in [0, 0.1) is 5.92 Å². The van der Waals surface area contributed by atoms with E-state index in [-0.39, 0.29) is 18.2 Å². The standard InChI is InChI=1S/C23H24N4O3/c1-2-30-21-11-7-6-10-20(21)27-15-18(12-22(27)28)23(29)25-19-13-24-26(16-19)14-17-8-4-3-5-9-17/h3-11,13,16,18H,2,12,14-15H2,1H3,(H,25,29). The molecule has 3 aromatic rings. The van der Waals surface area contributed by atoms with E-state index in [1.807, 2.05) is 61.5 Å². The molecule has 7 heteroatoms. The van der Waals surface area contributed by atoms with E-state index in [4.69, 9.17) is 4.74 Å². The van der Waals surface area contributed by atoms with Crippen LogP contribution < -0.4 is 15.0 Å². The first-order chi connectivity index (χ1) is 14.6. The largest absolute Gasteiger partial charge is 0.492 e. The van der Waals surface area contributed by atoms with Crippen LogP contribution in [-0.2, 0) is 16.1 Å². The maximum atomic E-state index is 12.8. The van der Waals surface area contributed by atoms with Crippen LogP contribution in [0.1, 0.15) is 18.9 Å². The van der Waals surface area contributed by atoms with Gasteiger partial charge in [-0.3, -0.25) is 14.3 Å². The molecule has 0 bridgehead atoms. The van der Waals surface area contributed by atoms with Gasteiger partial charge in [-0.05, 0) is 24.6 Å². The van der Waals surface area contributed by atoms with Crippen LogP contribution in [0.25, 0.3) is 0 Å². The molecule has 1 unspecified atom stereocenters. The van der Waals surface area contributed by atoms with Crippen molar-refractivity contribution in [3.05, 3.63) is 72.6 Å². The highest BCUT2D eigenvalue weighted by atomic mass is 16.5. The highest BCUT2D eigenvalue weighted by Crippen LogP contribution is 2.33. The van der Waals surface area contributed by atoms with E-state index in [2.05, 4.69) is 10.4 Å². The van der Waals surface area contributed by atoms with E-state index < -0.39 is 5.92 Å². The predicted molar refractivity (Wildman–Crippen MR) is 114 cm³/mol. The lowest BCUT2D eigenvalue weighted by atomic mass is 10.1. The van der Waals surface area contributed by atoms with Gasteiger partial charge in [-0.25, -0.2) is 0 Å². The van der Waals surface area contributed by atoms with E-state index >= 15 is 0 Å². The van der Waals surface area contributed by atoms with E-state index in [1.54, 1.807) is 22.0 Å². The van der Waals surface area contributed by atoms with E-state index in [9.17, 15) is 9.59 Å². The van der Waals surface area contributed by atoms with Gasteiger partial charge in [0.1, 0.15) is 5.75 Å². The summed E-state index contributed by atoms with van der Waals surface area (Å²) in [6, 6.07) is 17.4. The average Bonchev–Trinajstić information content (AvgIpc) is 3.36. The highest BCUT2D eigenvalue weighted by molar-refractivity contribution is 6.04. The van der Waals surface area contributed by atoms with Crippen molar-refractivity contribution >= 4 is 23.2 Å². The lowest BCUT2D eigenvalue weighted by molar-refractivity contribution is -0.122. The Morgan fingerprint density at radius 1 is 1.17 bits per heavy atom. The van der Waals surface area contributed by atoms with Gasteiger partial charge in [-0.1, -0.05) is 42.5 Å². The van der Waals surface area contributed by atoms with Gasteiger partial charge < -0.3 is 15.0 Å². The molecular formula is C23H24N4O3. The molecule has 1 aliphatic rings. The number of para-hydroxylation sites is 2. The zero-order valence-electron chi connectivity index (χ0n) is 16.8. The fraction of sp³-hybridized carbons (Fsp3) is 0.261. The van der Waals surface area contributed by atoms with Crippen molar-refractivity contribution in [3.8, 4) is 5.75 Å². The number of hydrogen-bond donors (Lipinski definition) is 1. The lowest BCUT2D eigenvalue weighted by Crippen LogP contribution is -2.28. The Hall–Kier alpha value is -3.61. The Bertz CT molecular complexity index is 1030. The van der Waals surface area contributed by atoms with Crippen molar-refractivity contribution in [3.63, 3.8) is 0 Å². The van der Waals surface area contributed by atoms with Crippen molar-refractivity contribution in [2.24, 2.45) is 5.92 Å². The number of nitrogens with one attached hydrogen (secondary N) is 1. The Balaban J connectivity index is 1.40. The third-order valence-electron chi connectivity index (χ3n) is 5.04. The molecule has 1 aliphatic heterocycles. The molecule has 1 saturated heterocycles. The first-order valence-electron chi connectivity index (χ1n) is 10.0. The van der Waals surface area contributed by atoms with Crippen LogP contribution in [-0.4, -0.2) is 34.7 Å². The Morgan fingerprint density at radius 3 is 2.73 bits per heavy atom. The molecule has 1 aromatic heterocycles. The summed E-state index contributed by atoms with van der Waals surface area (Å²) in [6.45, 7) is 3.36. The van der Waals surface area contributed by atoms with Gasteiger partial charge in [-0.2, -0.15) is 5.10 Å². The topological polar surface area (TPSA) is 76.5 Å². The van der Waals surface area contributed by atoms with Crippen molar-refractivity contribution in [1.82, 2.24) is 9.78 Å². The molecule has 0 spiro atoms. The summed E-state index contributed by atoms with van der Waals surface area (Å²) in [5.74, 6) is -0.0395. The summed E-state index contributed by atoms with van der Waals surface area (Å²) in [7, 11) is 0. The van der Waals surface area contributed by atoms with E-state index in [1.165, 1.54) is 0 Å². The third-order valence-corrected chi connectivity index (χ3v) is 5.04. The molecule has 1 atom stereocenters. The Labute approximate surface area is 175 Å². The van der Waals surface area contributed by atoms with Gasteiger partial charge >= 0.3 is 0 Å². The van der Waals surface area contributed by atoms with Gasteiger partial charge in [0.05, 0.1) is 36.6 Å². The van der Waals surface area contributed by atoms with Crippen molar-refractivity contribution in [2.75, 3.05) is 23.4 Å². The van der Waals surface area contributed by atoms with Gasteiger partial charge in [0.25, 0.3) is 0 Å². The molecule has 154 valence electrons. The lowest BCUT2D eigenvalue weighted by Gasteiger charge is -2.20. The maximum Gasteiger partial charge on any atom is 0.229 e. The molecule has 30 heavy (non-hydrogen) atoms. The van der Waals surface area contributed by atoms with Crippen LogP contribution in [0.3, 0.4) is 0 Å². The molecule has 1 N–H and O–H groups in total. The van der Waals surface area contributed by atoms with E-state index in [0.717, 1.165) is 5.56 Å². The van der Waals surface area contributed by atoms with Gasteiger partial charge in [0.15, 0.2) is 0 Å². The number of anilines is 2. The smallest absolute Gasteiger partial charge is 0.229 e. The summed E-state index contributed by atoms with van der Waals surface area (Å²) >= 11 is 0.